The normalized spacial score (nSPS) is 14.1. The van der Waals surface area contributed by atoms with Crippen molar-refractivity contribution in [1.29, 1.82) is 0 Å². The third-order valence-corrected chi connectivity index (χ3v) is 3.52. The van der Waals surface area contributed by atoms with Gasteiger partial charge in [0, 0.05) is 19.7 Å². The van der Waals surface area contributed by atoms with Gasteiger partial charge in [0.15, 0.2) is 0 Å². The van der Waals surface area contributed by atoms with Crippen molar-refractivity contribution in [2.75, 3.05) is 36.2 Å². The highest BCUT2D eigenvalue weighted by atomic mass is 16.2. The van der Waals surface area contributed by atoms with Crippen molar-refractivity contribution < 1.29 is 5.11 Å². The van der Waals surface area contributed by atoms with E-state index < -0.39 is 0 Å². The Kier molecular flexibility index (Phi) is 4.88. The Hall–Kier alpha value is -1.22. The molecule has 0 aromatic heterocycles. The quantitative estimate of drug-likeness (QED) is 0.752. The highest BCUT2D eigenvalue weighted by Crippen LogP contribution is 2.35. The van der Waals surface area contributed by atoms with E-state index in [0.29, 0.717) is 6.61 Å². The minimum Gasteiger partial charge on any atom is -0.396 e. The average molecular weight is 248 g/mol. The molecule has 3 heteroatoms. The van der Waals surface area contributed by atoms with E-state index >= 15 is 0 Å². The molecule has 1 aliphatic heterocycles. The zero-order valence-corrected chi connectivity index (χ0v) is 11.3. The van der Waals surface area contributed by atoms with Crippen molar-refractivity contribution in [3.63, 3.8) is 0 Å². The molecule has 1 heterocycles. The number of aliphatic hydroxyl groups excluding tert-OH is 1. The Morgan fingerprint density at radius 3 is 2.17 bits per heavy atom. The lowest BCUT2D eigenvalue weighted by molar-refractivity contribution is 0.285. The summed E-state index contributed by atoms with van der Waals surface area (Å²) in [6, 6.07) is 8.66. The zero-order valence-electron chi connectivity index (χ0n) is 11.3. The van der Waals surface area contributed by atoms with E-state index in [9.17, 15) is 0 Å². The first-order valence-electron chi connectivity index (χ1n) is 7.06. The lowest BCUT2D eigenvalue weighted by Crippen LogP contribution is -2.32. The predicted octanol–water partition coefficient (Wildman–Crippen LogP) is 2.84. The van der Waals surface area contributed by atoms with Gasteiger partial charge in [0.05, 0.1) is 18.0 Å². The number of para-hydroxylation sites is 2. The Morgan fingerprint density at radius 1 is 1.00 bits per heavy atom. The second-order valence-corrected chi connectivity index (χ2v) is 4.94. The van der Waals surface area contributed by atoms with E-state index in [4.69, 9.17) is 5.11 Å². The Balaban J connectivity index is 2.02. The van der Waals surface area contributed by atoms with E-state index in [1.54, 1.807) is 0 Å². The molecule has 0 saturated carbocycles. The Morgan fingerprint density at radius 2 is 1.61 bits per heavy atom. The smallest absolute Gasteiger partial charge is 0.0904 e. The predicted molar refractivity (Wildman–Crippen MR) is 77.2 cm³/mol. The average Bonchev–Trinajstić information content (AvgIpc) is 2.76. The topological polar surface area (TPSA) is 26.7 Å². The molecule has 0 fully saturated rings. The lowest BCUT2D eigenvalue weighted by Gasteiger charge is -2.21. The fourth-order valence-corrected chi connectivity index (χ4v) is 2.50. The molecule has 1 aliphatic rings. The van der Waals surface area contributed by atoms with Crippen LogP contribution in [0.1, 0.15) is 32.6 Å². The highest BCUT2D eigenvalue weighted by Gasteiger charge is 2.23. The van der Waals surface area contributed by atoms with Crippen LogP contribution >= 0.6 is 0 Å². The van der Waals surface area contributed by atoms with Crippen molar-refractivity contribution in [3.8, 4) is 0 Å². The number of benzene rings is 1. The van der Waals surface area contributed by atoms with Crippen molar-refractivity contribution in [3.05, 3.63) is 24.3 Å². The van der Waals surface area contributed by atoms with E-state index in [1.807, 2.05) is 0 Å². The van der Waals surface area contributed by atoms with Gasteiger partial charge in [-0.05, 0) is 31.4 Å². The van der Waals surface area contributed by atoms with Crippen molar-refractivity contribution >= 4 is 11.4 Å². The van der Waals surface area contributed by atoms with Gasteiger partial charge in [0.25, 0.3) is 0 Å². The van der Waals surface area contributed by atoms with Crippen LogP contribution in [0.4, 0.5) is 11.4 Å². The van der Waals surface area contributed by atoms with Crippen LogP contribution in [-0.2, 0) is 0 Å². The molecule has 2 rings (SSSR count). The van der Waals surface area contributed by atoms with Crippen LogP contribution in [0.3, 0.4) is 0 Å². The van der Waals surface area contributed by atoms with Gasteiger partial charge in [-0.2, -0.15) is 0 Å². The van der Waals surface area contributed by atoms with Gasteiger partial charge in [-0.25, -0.2) is 0 Å². The summed E-state index contributed by atoms with van der Waals surface area (Å²) < 4.78 is 0. The van der Waals surface area contributed by atoms with Crippen LogP contribution in [0.15, 0.2) is 24.3 Å². The van der Waals surface area contributed by atoms with Gasteiger partial charge < -0.3 is 14.9 Å². The number of nitrogens with zero attached hydrogens (tertiary/aromatic N) is 2. The van der Waals surface area contributed by atoms with Crippen LogP contribution in [0.25, 0.3) is 0 Å². The van der Waals surface area contributed by atoms with Gasteiger partial charge in [-0.1, -0.05) is 25.5 Å². The summed E-state index contributed by atoms with van der Waals surface area (Å²) in [5.74, 6) is 0. The van der Waals surface area contributed by atoms with Crippen molar-refractivity contribution in [1.82, 2.24) is 0 Å². The number of anilines is 2. The molecule has 0 spiro atoms. The van der Waals surface area contributed by atoms with Gasteiger partial charge in [0.2, 0.25) is 0 Å². The molecule has 0 amide bonds. The van der Waals surface area contributed by atoms with Crippen LogP contribution in [0.5, 0.6) is 0 Å². The SMILES string of the molecule is CCCCN1CN(CCCCO)c2ccccc21. The molecular weight excluding hydrogens is 224 g/mol. The summed E-state index contributed by atoms with van der Waals surface area (Å²) >= 11 is 0. The third kappa shape index (κ3) is 2.96. The molecular formula is C15H24N2O. The molecule has 1 N–H and O–H groups in total. The van der Waals surface area contributed by atoms with E-state index in [-0.39, 0.29) is 0 Å². The largest absolute Gasteiger partial charge is 0.396 e. The van der Waals surface area contributed by atoms with Gasteiger partial charge in [0.1, 0.15) is 0 Å². The summed E-state index contributed by atoms with van der Waals surface area (Å²) in [5.41, 5.74) is 2.72. The van der Waals surface area contributed by atoms with Crippen molar-refractivity contribution in [2.45, 2.75) is 32.6 Å². The van der Waals surface area contributed by atoms with E-state index in [2.05, 4.69) is 41.0 Å². The van der Waals surface area contributed by atoms with Crippen LogP contribution in [0.2, 0.25) is 0 Å². The Labute approximate surface area is 110 Å². The molecule has 0 saturated heterocycles. The maximum absolute atomic E-state index is 8.87. The second kappa shape index (κ2) is 6.64. The maximum atomic E-state index is 8.87. The first-order valence-corrected chi connectivity index (χ1v) is 7.06. The van der Waals surface area contributed by atoms with Gasteiger partial charge in [-0.3, -0.25) is 0 Å². The lowest BCUT2D eigenvalue weighted by atomic mass is 10.2. The maximum Gasteiger partial charge on any atom is 0.0904 e. The number of hydrogen-bond acceptors (Lipinski definition) is 3. The number of aliphatic hydroxyl groups is 1. The zero-order chi connectivity index (χ0) is 12.8. The van der Waals surface area contributed by atoms with E-state index in [1.165, 1.54) is 24.2 Å². The number of fused-ring (bicyclic) bond motifs is 1. The van der Waals surface area contributed by atoms with E-state index in [0.717, 1.165) is 32.6 Å². The summed E-state index contributed by atoms with van der Waals surface area (Å²) in [5, 5.41) is 8.87. The molecule has 0 unspecified atom stereocenters. The summed E-state index contributed by atoms with van der Waals surface area (Å²) in [6.07, 6.45) is 4.45. The molecule has 3 nitrogen and oxygen atoms in total. The number of unbranched alkanes of at least 4 members (excludes halogenated alkanes) is 2. The molecule has 1 aromatic carbocycles. The van der Waals surface area contributed by atoms with Gasteiger partial charge >= 0.3 is 0 Å². The molecule has 1 aromatic rings. The Bertz CT molecular complexity index is 367. The minimum absolute atomic E-state index is 0.301. The van der Waals surface area contributed by atoms with Crippen LogP contribution in [0, 0.1) is 0 Å². The van der Waals surface area contributed by atoms with Crippen LogP contribution in [-0.4, -0.2) is 31.5 Å². The number of hydrogen-bond donors (Lipinski definition) is 1. The molecule has 0 aliphatic carbocycles. The number of rotatable bonds is 7. The fourth-order valence-electron chi connectivity index (χ4n) is 2.50. The fraction of sp³-hybridized carbons (Fsp3) is 0.600. The van der Waals surface area contributed by atoms with Crippen LogP contribution < -0.4 is 9.80 Å². The molecule has 0 bridgehead atoms. The standard InChI is InChI=1S/C15H24N2O/c1-2-3-10-16-13-17(11-6-7-12-18)15-9-5-4-8-14(15)16/h4-5,8-9,18H,2-3,6-7,10-13H2,1H3. The summed E-state index contributed by atoms with van der Waals surface area (Å²) in [7, 11) is 0. The molecule has 0 atom stereocenters. The second-order valence-electron chi connectivity index (χ2n) is 4.94. The highest BCUT2D eigenvalue weighted by molar-refractivity contribution is 5.76. The van der Waals surface area contributed by atoms with Crippen molar-refractivity contribution in [2.24, 2.45) is 0 Å². The summed E-state index contributed by atoms with van der Waals surface area (Å²) in [4.78, 5) is 4.90. The molecule has 18 heavy (non-hydrogen) atoms. The molecule has 100 valence electrons. The summed E-state index contributed by atoms with van der Waals surface area (Å²) in [6.45, 7) is 5.73. The monoisotopic (exact) mass is 248 g/mol. The van der Waals surface area contributed by atoms with Gasteiger partial charge in [-0.15, -0.1) is 0 Å². The first-order chi connectivity index (χ1) is 8.86. The third-order valence-electron chi connectivity index (χ3n) is 3.52. The molecule has 0 radical (unpaired) electrons. The first kappa shape index (κ1) is 13.2. The minimum atomic E-state index is 0.301.